The van der Waals surface area contributed by atoms with Crippen LogP contribution in [0.4, 0.5) is 5.69 Å². The predicted molar refractivity (Wildman–Crippen MR) is 81.9 cm³/mol. The molecule has 0 amide bonds. The molecule has 0 aromatic heterocycles. The highest BCUT2D eigenvalue weighted by molar-refractivity contribution is 5.59. The fourth-order valence-electron chi connectivity index (χ4n) is 2.52. The molecule has 106 valence electrons. The highest BCUT2D eigenvalue weighted by Crippen LogP contribution is 2.45. The lowest BCUT2D eigenvalue weighted by atomic mass is 9.84. The van der Waals surface area contributed by atoms with E-state index in [1.165, 1.54) is 22.4 Å². The molecule has 1 aromatic carbocycles. The molecule has 0 saturated heterocycles. The third kappa shape index (κ3) is 3.11. The van der Waals surface area contributed by atoms with Gasteiger partial charge in [-0.25, -0.2) is 0 Å². The number of benzene rings is 1. The van der Waals surface area contributed by atoms with E-state index in [9.17, 15) is 5.11 Å². The van der Waals surface area contributed by atoms with Crippen LogP contribution in [-0.4, -0.2) is 18.3 Å². The molecule has 0 spiro atoms. The molecule has 2 N–H and O–H groups in total. The van der Waals surface area contributed by atoms with Gasteiger partial charge in [-0.3, -0.25) is 0 Å². The number of hydrogen-bond acceptors (Lipinski definition) is 2. The largest absolute Gasteiger partial charge is 0.396 e. The second kappa shape index (κ2) is 4.82. The molecule has 19 heavy (non-hydrogen) atoms. The van der Waals surface area contributed by atoms with Crippen LogP contribution in [0.3, 0.4) is 0 Å². The van der Waals surface area contributed by atoms with Crippen LogP contribution >= 0.6 is 0 Å². The number of nitrogens with one attached hydrogen (secondary N) is 1. The van der Waals surface area contributed by atoms with Crippen LogP contribution in [-0.2, 0) is 5.41 Å². The maximum atomic E-state index is 9.38. The number of anilines is 1. The van der Waals surface area contributed by atoms with Gasteiger partial charge < -0.3 is 10.4 Å². The molecule has 1 aromatic rings. The van der Waals surface area contributed by atoms with Crippen molar-refractivity contribution in [2.75, 3.05) is 18.5 Å². The van der Waals surface area contributed by atoms with Crippen molar-refractivity contribution < 1.29 is 5.11 Å². The molecule has 2 nitrogen and oxygen atoms in total. The van der Waals surface area contributed by atoms with Gasteiger partial charge in [-0.15, -0.1) is 0 Å². The van der Waals surface area contributed by atoms with Gasteiger partial charge in [-0.2, -0.15) is 0 Å². The van der Waals surface area contributed by atoms with E-state index in [-0.39, 0.29) is 10.8 Å². The number of aliphatic hydroxyl groups is 1. The van der Waals surface area contributed by atoms with E-state index >= 15 is 0 Å². The minimum atomic E-state index is 0.154. The first-order valence-electron chi connectivity index (χ1n) is 7.24. The minimum Gasteiger partial charge on any atom is -0.396 e. The van der Waals surface area contributed by atoms with E-state index in [1.54, 1.807) is 0 Å². The molecule has 0 aliphatic heterocycles. The summed E-state index contributed by atoms with van der Waals surface area (Å²) in [6.45, 7) is 12.3. The lowest BCUT2D eigenvalue weighted by Gasteiger charge is -2.23. The van der Waals surface area contributed by atoms with Crippen molar-refractivity contribution in [3.63, 3.8) is 0 Å². The van der Waals surface area contributed by atoms with E-state index in [0.717, 1.165) is 19.4 Å². The van der Waals surface area contributed by atoms with E-state index in [2.05, 4.69) is 52.1 Å². The first-order valence-corrected chi connectivity index (χ1v) is 7.24. The molecular weight excluding hydrogens is 234 g/mol. The lowest BCUT2D eigenvalue weighted by Crippen LogP contribution is -2.20. The fraction of sp³-hybridized carbons (Fsp3) is 0.647. The van der Waals surface area contributed by atoms with Gasteiger partial charge in [0.25, 0.3) is 0 Å². The third-order valence-corrected chi connectivity index (χ3v) is 4.33. The summed E-state index contributed by atoms with van der Waals surface area (Å²) in [5.41, 5.74) is 5.58. The highest BCUT2D eigenvalue weighted by Gasteiger charge is 2.41. The van der Waals surface area contributed by atoms with E-state index in [0.29, 0.717) is 6.61 Å². The first kappa shape index (κ1) is 14.4. The Bertz CT molecular complexity index is 444. The predicted octanol–water partition coefficient (Wildman–Crippen LogP) is 3.79. The van der Waals surface area contributed by atoms with Gasteiger partial charge in [0.2, 0.25) is 0 Å². The maximum Gasteiger partial charge on any atom is 0.0504 e. The molecule has 2 rings (SSSR count). The van der Waals surface area contributed by atoms with Crippen molar-refractivity contribution in [1.82, 2.24) is 0 Å². The Kier molecular flexibility index (Phi) is 3.65. The Labute approximate surface area is 117 Å². The Hall–Kier alpha value is -1.02. The van der Waals surface area contributed by atoms with Gasteiger partial charge in [-0.1, -0.05) is 32.9 Å². The van der Waals surface area contributed by atoms with Gasteiger partial charge in [0, 0.05) is 17.6 Å². The first-order chi connectivity index (χ1) is 8.77. The summed E-state index contributed by atoms with van der Waals surface area (Å²) in [5, 5.41) is 12.9. The van der Waals surface area contributed by atoms with Crippen LogP contribution < -0.4 is 5.32 Å². The van der Waals surface area contributed by atoms with Crippen molar-refractivity contribution in [3.05, 3.63) is 28.8 Å². The molecule has 0 atom stereocenters. The monoisotopic (exact) mass is 261 g/mol. The highest BCUT2D eigenvalue weighted by atomic mass is 16.3. The number of hydrogen-bond donors (Lipinski definition) is 2. The van der Waals surface area contributed by atoms with Crippen molar-refractivity contribution in [3.8, 4) is 0 Å². The van der Waals surface area contributed by atoms with E-state index in [4.69, 9.17) is 0 Å². The van der Waals surface area contributed by atoms with Gasteiger partial charge in [0.15, 0.2) is 0 Å². The van der Waals surface area contributed by atoms with Crippen molar-refractivity contribution >= 4 is 5.69 Å². The smallest absolute Gasteiger partial charge is 0.0504 e. The van der Waals surface area contributed by atoms with Gasteiger partial charge in [0.05, 0.1) is 6.61 Å². The van der Waals surface area contributed by atoms with Gasteiger partial charge in [0.1, 0.15) is 0 Å². The zero-order chi connectivity index (χ0) is 14.3. The van der Waals surface area contributed by atoms with Crippen LogP contribution in [0.15, 0.2) is 12.1 Å². The van der Waals surface area contributed by atoms with Crippen molar-refractivity contribution in [1.29, 1.82) is 0 Å². The molecule has 1 fully saturated rings. The minimum absolute atomic E-state index is 0.154. The van der Waals surface area contributed by atoms with Crippen LogP contribution in [0.25, 0.3) is 0 Å². The summed E-state index contributed by atoms with van der Waals surface area (Å²) < 4.78 is 0. The van der Waals surface area contributed by atoms with Crippen LogP contribution in [0.2, 0.25) is 0 Å². The molecule has 0 bridgehead atoms. The van der Waals surface area contributed by atoms with Crippen LogP contribution in [0, 0.1) is 19.3 Å². The van der Waals surface area contributed by atoms with E-state index < -0.39 is 0 Å². The Morgan fingerprint density at radius 1 is 1.16 bits per heavy atom. The molecular formula is C17H27NO. The summed E-state index contributed by atoms with van der Waals surface area (Å²) in [5.74, 6) is 0. The molecule has 1 aliphatic rings. The number of aliphatic hydroxyl groups excluding tert-OH is 1. The second-order valence-corrected chi connectivity index (χ2v) is 7.25. The Morgan fingerprint density at radius 3 is 2.05 bits per heavy atom. The zero-order valence-electron chi connectivity index (χ0n) is 12.9. The molecule has 0 heterocycles. The van der Waals surface area contributed by atoms with E-state index in [1.807, 2.05) is 0 Å². The second-order valence-electron chi connectivity index (χ2n) is 7.25. The third-order valence-electron chi connectivity index (χ3n) is 4.33. The quantitative estimate of drug-likeness (QED) is 0.864. The fourth-order valence-corrected chi connectivity index (χ4v) is 2.52. The standard InChI is InChI=1S/C17H27NO/c1-12-8-14(16(3,4)5)9-13(2)15(12)18-10-17(11-19)6-7-17/h8-9,18-19H,6-7,10-11H2,1-5H3. The Morgan fingerprint density at radius 2 is 1.68 bits per heavy atom. The SMILES string of the molecule is Cc1cc(C(C)(C)C)cc(C)c1NCC1(CO)CC1. The van der Waals surface area contributed by atoms with Gasteiger partial charge in [-0.05, 0) is 48.8 Å². The molecule has 1 aliphatic carbocycles. The van der Waals surface area contributed by atoms with Crippen molar-refractivity contribution in [2.24, 2.45) is 5.41 Å². The van der Waals surface area contributed by atoms with Crippen LogP contribution in [0.5, 0.6) is 0 Å². The summed E-state index contributed by atoms with van der Waals surface area (Å²) in [4.78, 5) is 0. The number of aryl methyl sites for hydroxylation is 2. The zero-order valence-corrected chi connectivity index (χ0v) is 12.9. The van der Waals surface area contributed by atoms with Crippen molar-refractivity contribution in [2.45, 2.75) is 52.9 Å². The summed E-state index contributed by atoms with van der Waals surface area (Å²) in [7, 11) is 0. The van der Waals surface area contributed by atoms with Crippen LogP contribution in [0.1, 0.15) is 50.3 Å². The topological polar surface area (TPSA) is 32.3 Å². The summed E-state index contributed by atoms with van der Waals surface area (Å²) in [6, 6.07) is 4.57. The molecule has 0 radical (unpaired) electrons. The molecule has 0 unspecified atom stereocenters. The normalized spacial score (nSPS) is 17.4. The Balaban J connectivity index is 2.18. The molecule has 1 saturated carbocycles. The lowest BCUT2D eigenvalue weighted by molar-refractivity contribution is 0.220. The van der Waals surface area contributed by atoms with Gasteiger partial charge >= 0.3 is 0 Å². The summed E-state index contributed by atoms with van der Waals surface area (Å²) >= 11 is 0. The number of rotatable bonds is 4. The average molecular weight is 261 g/mol. The maximum absolute atomic E-state index is 9.38. The average Bonchev–Trinajstić information content (AvgIpc) is 3.07. The molecule has 2 heteroatoms. The summed E-state index contributed by atoms with van der Waals surface area (Å²) in [6.07, 6.45) is 2.29.